The maximum atomic E-state index is 6.08. The van der Waals surface area contributed by atoms with E-state index in [0.717, 1.165) is 23.4 Å². The summed E-state index contributed by atoms with van der Waals surface area (Å²) in [5.41, 5.74) is 2.48. The van der Waals surface area contributed by atoms with E-state index in [1.165, 1.54) is 5.56 Å². The van der Waals surface area contributed by atoms with Crippen LogP contribution in [0.15, 0.2) is 18.2 Å². The molecule has 0 nitrogen and oxygen atoms in total. The van der Waals surface area contributed by atoms with Gasteiger partial charge in [-0.2, -0.15) is 0 Å². The molecule has 0 heterocycles. The third-order valence-electron chi connectivity index (χ3n) is 2.67. The summed E-state index contributed by atoms with van der Waals surface area (Å²) in [4.78, 5) is 0.595. The molecule has 1 rings (SSSR count). The smallest absolute Gasteiger partial charge is 0.0437 e. The van der Waals surface area contributed by atoms with Crippen LogP contribution in [-0.4, -0.2) is 4.83 Å². The van der Waals surface area contributed by atoms with Crippen molar-refractivity contribution in [2.45, 2.75) is 38.4 Å². The largest absolute Gasteiger partial charge is 0.0888 e. The number of rotatable bonds is 4. The minimum atomic E-state index is 0.595. The SMILES string of the molecule is Cc1ccc(CCC(Br)C(C)C)cc1Cl. The van der Waals surface area contributed by atoms with Gasteiger partial charge in [0.1, 0.15) is 0 Å². The van der Waals surface area contributed by atoms with Crippen molar-refractivity contribution in [3.8, 4) is 0 Å². The first-order valence-electron chi connectivity index (χ1n) is 5.40. The Balaban J connectivity index is 2.55. The highest BCUT2D eigenvalue weighted by Gasteiger charge is 2.09. The Labute approximate surface area is 106 Å². The van der Waals surface area contributed by atoms with Gasteiger partial charge in [0.05, 0.1) is 0 Å². The second-order valence-electron chi connectivity index (χ2n) is 4.38. The van der Waals surface area contributed by atoms with Gasteiger partial charge in [-0.3, -0.25) is 0 Å². The summed E-state index contributed by atoms with van der Waals surface area (Å²) in [5, 5.41) is 0.878. The van der Waals surface area contributed by atoms with Crippen LogP contribution in [0.2, 0.25) is 5.02 Å². The quantitative estimate of drug-likeness (QED) is 0.684. The highest BCUT2D eigenvalue weighted by molar-refractivity contribution is 9.09. The summed E-state index contributed by atoms with van der Waals surface area (Å²) in [7, 11) is 0. The van der Waals surface area contributed by atoms with Crippen molar-refractivity contribution in [1.82, 2.24) is 0 Å². The third-order valence-corrected chi connectivity index (χ3v) is 4.59. The van der Waals surface area contributed by atoms with E-state index in [-0.39, 0.29) is 0 Å². The van der Waals surface area contributed by atoms with Gasteiger partial charge in [-0.15, -0.1) is 0 Å². The van der Waals surface area contributed by atoms with Crippen LogP contribution in [0.25, 0.3) is 0 Å². The lowest BCUT2D eigenvalue weighted by atomic mass is 10.0. The fourth-order valence-corrected chi connectivity index (χ4v) is 1.86. The van der Waals surface area contributed by atoms with E-state index in [0.29, 0.717) is 10.7 Å². The van der Waals surface area contributed by atoms with Gasteiger partial charge >= 0.3 is 0 Å². The summed E-state index contributed by atoms with van der Waals surface area (Å²) in [5.74, 6) is 0.686. The van der Waals surface area contributed by atoms with Crippen LogP contribution >= 0.6 is 27.5 Å². The molecule has 0 aliphatic heterocycles. The monoisotopic (exact) mass is 288 g/mol. The van der Waals surface area contributed by atoms with Crippen LogP contribution < -0.4 is 0 Å². The number of benzene rings is 1. The van der Waals surface area contributed by atoms with E-state index < -0.39 is 0 Å². The molecular weight excluding hydrogens is 271 g/mol. The molecule has 0 bridgehead atoms. The first-order chi connectivity index (χ1) is 7.00. The molecule has 0 radical (unpaired) electrons. The van der Waals surface area contributed by atoms with Crippen molar-refractivity contribution < 1.29 is 0 Å². The van der Waals surface area contributed by atoms with Crippen molar-refractivity contribution in [1.29, 1.82) is 0 Å². The summed E-state index contributed by atoms with van der Waals surface area (Å²) < 4.78 is 0. The molecule has 0 aliphatic carbocycles. The van der Waals surface area contributed by atoms with E-state index >= 15 is 0 Å². The molecule has 1 atom stereocenters. The van der Waals surface area contributed by atoms with Gasteiger partial charge in [0.15, 0.2) is 0 Å². The average Bonchev–Trinajstić information content (AvgIpc) is 2.19. The second-order valence-corrected chi connectivity index (χ2v) is 5.97. The number of hydrogen-bond acceptors (Lipinski definition) is 0. The van der Waals surface area contributed by atoms with E-state index in [2.05, 4.69) is 48.0 Å². The van der Waals surface area contributed by atoms with Gasteiger partial charge in [-0.05, 0) is 42.9 Å². The lowest BCUT2D eigenvalue weighted by Crippen LogP contribution is -2.08. The Hall–Kier alpha value is -0.0100. The van der Waals surface area contributed by atoms with Crippen LogP contribution in [0.1, 0.15) is 31.4 Å². The second kappa shape index (κ2) is 5.91. The predicted molar refractivity (Wildman–Crippen MR) is 72.1 cm³/mol. The summed E-state index contributed by atoms with van der Waals surface area (Å²) in [6.45, 7) is 6.51. The van der Waals surface area contributed by atoms with Crippen molar-refractivity contribution in [3.05, 3.63) is 34.3 Å². The maximum Gasteiger partial charge on any atom is 0.0437 e. The van der Waals surface area contributed by atoms with Crippen LogP contribution in [0.4, 0.5) is 0 Å². The topological polar surface area (TPSA) is 0 Å². The molecule has 1 aromatic rings. The van der Waals surface area contributed by atoms with E-state index in [1.807, 2.05) is 6.92 Å². The van der Waals surface area contributed by atoms with Crippen molar-refractivity contribution in [2.75, 3.05) is 0 Å². The van der Waals surface area contributed by atoms with Gasteiger partial charge < -0.3 is 0 Å². The lowest BCUT2D eigenvalue weighted by molar-refractivity contribution is 0.582. The predicted octanol–water partition coefficient (Wildman–Crippen LogP) is 5.00. The van der Waals surface area contributed by atoms with E-state index in [4.69, 9.17) is 11.6 Å². The summed E-state index contributed by atoms with van der Waals surface area (Å²) >= 11 is 9.78. The first-order valence-corrected chi connectivity index (χ1v) is 6.69. The van der Waals surface area contributed by atoms with Crippen LogP contribution in [-0.2, 0) is 6.42 Å². The Kier molecular flexibility index (Phi) is 5.14. The van der Waals surface area contributed by atoms with Crippen molar-refractivity contribution in [3.63, 3.8) is 0 Å². The van der Waals surface area contributed by atoms with Crippen LogP contribution in [0, 0.1) is 12.8 Å². The van der Waals surface area contributed by atoms with Gasteiger partial charge in [-0.25, -0.2) is 0 Å². The minimum absolute atomic E-state index is 0.595. The maximum absolute atomic E-state index is 6.08. The molecular formula is C13H18BrCl. The van der Waals surface area contributed by atoms with Gasteiger partial charge in [0.2, 0.25) is 0 Å². The standard InChI is InChI=1S/C13H18BrCl/c1-9(2)12(14)7-6-11-5-4-10(3)13(15)8-11/h4-5,8-9,12H,6-7H2,1-3H3. The molecule has 15 heavy (non-hydrogen) atoms. The fourth-order valence-electron chi connectivity index (χ4n) is 1.43. The molecule has 0 spiro atoms. The highest BCUT2D eigenvalue weighted by atomic mass is 79.9. The number of alkyl halides is 1. The normalized spacial score (nSPS) is 13.2. The Morgan fingerprint density at radius 1 is 1.33 bits per heavy atom. The Bertz CT molecular complexity index is 320. The molecule has 0 fully saturated rings. The van der Waals surface area contributed by atoms with Crippen molar-refractivity contribution >= 4 is 27.5 Å². The molecule has 1 aromatic carbocycles. The zero-order valence-electron chi connectivity index (χ0n) is 9.56. The highest BCUT2D eigenvalue weighted by Crippen LogP contribution is 2.21. The van der Waals surface area contributed by atoms with E-state index in [1.54, 1.807) is 0 Å². The van der Waals surface area contributed by atoms with Crippen LogP contribution in [0.3, 0.4) is 0 Å². The van der Waals surface area contributed by atoms with Crippen molar-refractivity contribution in [2.24, 2.45) is 5.92 Å². The lowest BCUT2D eigenvalue weighted by Gasteiger charge is -2.13. The van der Waals surface area contributed by atoms with Gasteiger partial charge in [-0.1, -0.05) is 53.5 Å². The number of hydrogen-bond donors (Lipinski definition) is 0. The minimum Gasteiger partial charge on any atom is -0.0888 e. The molecule has 1 unspecified atom stereocenters. The molecule has 0 aromatic heterocycles. The fraction of sp³-hybridized carbons (Fsp3) is 0.538. The first kappa shape index (κ1) is 13.1. The molecule has 0 aliphatic rings. The van der Waals surface area contributed by atoms with Crippen LogP contribution in [0.5, 0.6) is 0 Å². The van der Waals surface area contributed by atoms with E-state index in [9.17, 15) is 0 Å². The zero-order chi connectivity index (χ0) is 11.4. The molecule has 0 saturated heterocycles. The molecule has 0 saturated carbocycles. The molecule has 0 N–H and O–H groups in total. The van der Waals surface area contributed by atoms with Gasteiger partial charge in [0.25, 0.3) is 0 Å². The Morgan fingerprint density at radius 3 is 2.53 bits per heavy atom. The Morgan fingerprint density at radius 2 is 2.00 bits per heavy atom. The summed E-state index contributed by atoms with van der Waals surface area (Å²) in [6, 6.07) is 6.34. The molecule has 2 heteroatoms. The zero-order valence-corrected chi connectivity index (χ0v) is 11.9. The summed E-state index contributed by atoms with van der Waals surface area (Å²) in [6.07, 6.45) is 2.26. The average molecular weight is 290 g/mol. The molecule has 0 amide bonds. The number of halogens is 2. The molecule has 84 valence electrons. The third kappa shape index (κ3) is 4.16. The number of aryl methyl sites for hydroxylation is 2. The van der Waals surface area contributed by atoms with Gasteiger partial charge in [0, 0.05) is 9.85 Å².